The minimum Gasteiger partial charge on any atom is -0.383 e. The van der Waals surface area contributed by atoms with Crippen LogP contribution < -0.4 is 5.73 Å². The van der Waals surface area contributed by atoms with Crippen molar-refractivity contribution in [1.29, 1.82) is 0 Å². The van der Waals surface area contributed by atoms with E-state index < -0.39 is 0 Å². The van der Waals surface area contributed by atoms with E-state index >= 15 is 0 Å². The monoisotopic (exact) mass is 317 g/mol. The van der Waals surface area contributed by atoms with E-state index in [4.69, 9.17) is 22.4 Å². The molecule has 0 bridgehead atoms. The van der Waals surface area contributed by atoms with Gasteiger partial charge in [-0.1, -0.05) is 32.1 Å². The van der Waals surface area contributed by atoms with Crippen molar-refractivity contribution in [3.05, 3.63) is 35.8 Å². The highest BCUT2D eigenvalue weighted by Crippen LogP contribution is 2.30. The minimum atomic E-state index is -0.0118. The Morgan fingerprint density at radius 1 is 1.36 bits per heavy atom. The van der Waals surface area contributed by atoms with Crippen LogP contribution in [0.4, 0.5) is 5.82 Å². The van der Waals surface area contributed by atoms with Crippen molar-refractivity contribution in [2.75, 3.05) is 5.73 Å². The van der Waals surface area contributed by atoms with E-state index in [2.05, 4.69) is 42.0 Å². The zero-order valence-electron chi connectivity index (χ0n) is 12.8. The van der Waals surface area contributed by atoms with Crippen LogP contribution >= 0.6 is 11.6 Å². The number of hydrogen-bond acceptors (Lipinski definition) is 4. The van der Waals surface area contributed by atoms with Crippen LogP contribution in [0, 0.1) is 5.92 Å². The Balaban J connectivity index is 2.04. The predicted molar refractivity (Wildman–Crippen MR) is 89.8 cm³/mol. The van der Waals surface area contributed by atoms with Crippen molar-refractivity contribution in [3.63, 3.8) is 0 Å². The van der Waals surface area contributed by atoms with Gasteiger partial charge in [0.25, 0.3) is 0 Å². The van der Waals surface area contributed by atoms with Gasteiger partial charge in [0.2, 0.25) is 0 Å². The first-order valence-electron chi connectivity index (χ1n) is 7.59. The Labute approximate surface area is 134 Å². The van der Waals surface area contributed by atoms with Gasteiger partial charge in [0, 0.05) is 13.0 Å². The molecule has 6 heteroatoms. The van der Waals surface area contributed by atoms with Crippen molar-refractivity contribution in [2.24, 2.45) is 5.92 Å². The number of anilines is 1. The smallest absolute Gasteiger partial charge is 0.163 e. The SMILES string of the molecule is CCCn1nc(CC2=CC=CC(C)C2Cl)c2c(N)ncnc21. The molecule has 5 nitrogen and oxygen atoms in total. The van der Waals surface area contributed by atoms with Crippen LogP contribution in [0.15, 0.2) is 30.1 Å². The van der Waals surface area contributed by atoms with Crippen LogP contribution in [-0.2, 0) is 13.0 Å². The summed E-state index contributed by atoms with van der Waals surface area (Å²) in [5.74, 6) is 0.799. The van der Waals surface area contributed by atoms with E-state index in [-0.39, 0.29) is 5.38 Å². The number of halogens is 1. The summed E-state index contributed by atoms with van der Waals surface area (Å²) >= 11 is 6.53. The second-order valence-electron chi connectivity index (χ2n) is 5.69. The lowest BCUT2D eigenvalue weighted by atomic mass is 9.92. The summed E-state index contributed by atoms with van der Waals surface area (Å²) < 4.78 is 1.91. The van der Waals surface area contributed by atoms with E-state index in [0.29, 0.717) is 18.2 Å². The quantitative estimate of drug-likeness (QED) is 0.880. The maximum atomic E-state index is 6.53. The van der Waals surface area contributed by atoms with Gasteiger partial charge < -0.3 is 5.73 Å². The van der Waals surface area contributed by atoms with Crippen molar-refractivity contribution in [1.82, 2.24) is 19.7 Å². The zero-order chi connectivity index (χ0) is 15.7. The Bertz CT molecular complexity index is 746. The number of nitrogens with zero attached hydrogens (tertiary/aromatic N) is 4. The maximum Gasteiger partial charge on any atom is 0.163 e. The second-order valence-corrected chi connectivity index (χ2v) is 6.16. The summed E-state index contributed by atoms with van der Waals surface area (Å²) in [5.41, 5.74) is 8.92. The molecule has 0 aliphatic heterocycles. The first-order chi connectivity index (χ1) is 10.6. The summed E-state index contributed by atoms with van der Waals surface area (Å²) in [5, 5.41) is 5.54. The molecule has 2 unspecified atom stereocenters. The van der Waals surface area contributed by atoms with Gasteiger partial charge in [-0.15, -0.1) is 11.6 Å². The largest absolute Gasteiger partial charge is 0.383 e. The van der Waals surface area contributed by atoms with Crippen LogP contribution in [0.2, 0.25) is 0 Å². The highest BCUT2D eigenvalue weighted by atomic mass is 35.5. The highest BCUT2D eigenvalue weighted by Gasteiger charge is 2.23. The molecule has 1 aliphatic carbocycles. The standard InChI is InChI=1S/C16H20ClN5/c1-3-7-22-16-13(15(18)19-9-20-16)12(21-22)8-11-6-4-5-10(2)14(11)17/h4-6,9-10,14H,3,7-8H2,1-2H3,(H2,18,19,20). The van der Waals surface area contributed by atoms with Gasteiger partial charge in [0.1, 0.15) is 12.1 Å². The Kier molecular flexibility index (Phi) is 4.16. The predicted octanol–water partition coefficient (Wildman–Crippen LogP) is 3.10. The zero-order valence-corrected chi connectivity index (χ0v) is 13.6. The lowest BCUT2D eigenvalue weighted by Crippen LogP contribution is -2.17. The lowest BCUT2D eigenvalue weighted by molar-refractivity contribution is 0.606. The summed E-state index contributed by atoms with van der Waals surface area (Å²) in [4.78, 5) is 8.47. The summed E-state index contributed by atoms with van der Waals surface area (Å²) in [6.45, 7) is 5.04. The Morgan fingerprint density at radius 3 is 2.95 bits per heavy atom. The van der Waals surface area contributed by atoms with Crippen LogP contribution in [-0.4, -0.2) is 25.1 Å². The molecule has 2 N–H and O–H groups in total. The Morgan fingerprint density at radius 2 is 2.18 bits per heavy atom. The van der Waals surface area contributed by atoms with Gasteiger partial charge in [0.05, 0.1) is 16.5 Å². The fourth-order valence-corrected chi connectivity index (χ4v) is 3.06. The van der Waals surface area contributed by atoms with Gasteiger partial charge >= 0.3 is 0 Å². The average molecular weight is 318 g/mol. The van der Waals surface area contributed by atoms with Gasteiger partial charge in [-0.2, -0.15) is 5.10 Å². The van der Waals surface area contributed by atoms with E-state index in [0.717, 1.165) is 35.3 Å². The van der Waals surface area contributed by atoms with E-state index in [9.17, 15) is 0 Å². The number of hydrogen-bond donors (Lipinski definition) is 1. The molecule has 0 aromatic carbocycles. The van der Waals surface area contributed by atoms with Crippen LogP contribution in [0.5, 0.6) is 0 Å². The molecule has 2 aromatic rings. The number of allylic oxidation sites excluding steroid dienone is 4. The molecule has 0 spiro atoms. The molecule has 1 aliphatic rings. The molecule has 22 heavy (non-hydrogen) atoms. The van der Waals surface area contributed by atoms with E-state index in [1.54, 1.807) is 0 Å². The molecule has 116 valence electrons. The number of fused-ring (bicyclic) bond motifs is 1. The lowest BCUT2D eigenvalue weighted by Gasteiger charge is -2.20. The molecule has 0 saturated heterocycles. The molecule has 2 heterocycles. The normalized spacial score (nSPS) is 21.3. The molecule has 0 radical (unpaired) electrons. The number of alkyl halides is 1. The summed E-state index contributed by atoms with van der Waals surface area (Å²) in [6.07, 6.45) is 9.40. The molecule has 0 amide bonds. The van der Waals surface area contributed by atoms with Crippen molar-refractivity contribution >= 4 is 28.5 Å². The average Bonchev–Trinajstić information content (AvgIpc) is 2.84. The molecular weight excluding hydrogens is 298 g/mol. The van der Waals surface area contributed by atoms with Crippen molar-refractivity contribution < 1.29 is 0 Å². The number of rotatable bonds is 4. The van der Waals surface area contributed by atoms with E-state index in [1.165, 1.54) is 6.33 Å². The molecule has 0 fully saturated rings. The molecule has 0 saturated carbocycles. The van der Waals surface area contributed by atoms with Gasteiger partial charge in [-0.25, -0.2) is 14.6 Å². The summed E-state index contributed by atoms with van der Waals surface area (Å²) in [6, 6.07) is 0. The molecule has 3 rings (SSSR count). The third-order valence-electron chi connectivity index (χ3n) is 3.98. The third-order valence-corrected chi connectivity index (χ3v) is 4.66. The number of aryl methyl sites for hydroxylation is 1. The number of nitrogens with two attached hydrogens (primary N) is 1. The fourth-order valence-electron chi connectivity index (χ4n) is 2.83. The summed E-state index contributed by atoms with van der Waals surface area (Å²) in [7, 11) is 0. The van der Waals surface area contributed by atoms with Crippen LogP contribution in [0.3, 0.4) is 0 Å². The first-order valence-corrected chi connectivity index (χ1v) is 8.02. The maximum absolute atomic E-state index is 6.53. The van der Waals surface area contributed by atoms with Crippen molar-refractivity contribution in [3.8, 4) is 0 Å². The second kappa shape index (κ2) is 6.08. The van der Waals surface area contributed by atoms with Crippen molar-refractivity contribution in [2.45, 2.75) is 38.6 Å². The molecule has 2 aromatic heterocycles. The van der Waals surface area contributed by atoms with E-state index in [1.807, 2.05) is 4.68 Å². The number of nitrogen functional groups attached to an aromatic ring is 1. The number of aromatic nitrogens is 4. The van der Waals surface area contributed by atoms with Gasteiger partial charge in [0.15, 0.2) is 5.65 Å². The first kappa shape index (κ1) is 15.0. The van der Waals surface area contributed by atoms with Crippen LogP contribution in [0.1, 0.15) is 26.0 Å². The molecular formula is C16H20ClN5. The highest BCUT2D eigenvalue weighted by molar-refractivity contribution is 6.22. The molecule has 2 atom stereocenters. The Hall–Kier alpha value is -1.88. The van der Waals surface area contributed by atoms with Gasteiger partial charge in [-0.05, 0) is 17.9 Å². The topological polar surface area (TPSA) is 69.6 Å². The third kappa shape index (κ3) is 2.61. The van der Waals surface area contributed by atoms with Crippen LogP contribution in [0.25, 0.3) is 11.0 Å². The fraction of sp³-hybridized carbons (Fsp3) is 0.438. The minimum absolute atomic E-state index is 0.0118. The van der Waals surface area contributed by atoms with Gasteiger partial charge in [-0.3, -0.25) is 0 Å².